The van der Waals surface area contributed by atoms with Crippen LogP contribution in [-0.4, -0.2) is 36.5 Å². The van der Waals surface area contributed by atoms with Gasteiger partial charge >= 0.3 is 5.69 Å². The van der Waals surface area contributed by atoms with Crippen molar-refractivity contribution in [2.45, 2.75) is 38.1 Å². The number of anilines is 1. The fourth-order valence-corrected chi connectivity index (χ4v) is 3.53. The smallest absolute Gasteiger partial charge is 0.311 e. The number of hydrogen-bond donors (Lipinski definition) is 2. The average molecular weight is 427 g/mol. The second-order valence-electron chi connectivity index (χ2n) is 7.28. The Morgan fingerprint density at radius 2 is 1.87 bits per heavy atom. The lowest BCUT2D eigenvalue weighted by molar-refractivity contribution is -0.385. The molecule has 1 fully saturated rings. The predicted molar refractivity (Wildman–Crippen MR) is 115 cm³/mol. The SMILES string of the molecule is COc1cc(OCC(=O)Nc2ccccc2C(=O)NC2CCCCC2)ccc1[N+](=O)[O-]. The molecular formula is C22H25N3O6. The van der Waals surface area contributed by atoms with Crippen LogP contribution in [-0.2, 0) is 4.79 Å². The zero-order valence-electron chi connectivity index (χ0n) is 17.3. The highest BCUT2D eigenvalue weighted by Gasteiger charge is 2.20. The van der Waals surface area contributed by atoms with E-state index in [1.165, 1.54) is 31.7 Å². The number of carbonyl (C=O) groups is 2. The summed E-state index contributed by atoms with van der Waals surface area (Å²) in [6.07, 6.45) is 5.33. The van der Waals surface area contributed by atoms with Crippen molar-refractivity contribution in [2.24, 2.45) is 0 Å². The maximum atomic E-state index is 12.7. The second kappa shape index (κ2) is 10.4. The number of rotatable bonds is 8. The first-order valence-corrected chi connectivity index (χ1v) is 10.1. The summed E-state index contributed by atoms with van der Waals surface area (Å²) in [4.78, 5) is 35.5. The minimum absolute atomic E-state index is 0.0348. The number of amides is 2. The van der Waals surface area contributed by atoms with Gasteiger partial charge in [0, 0.05) is 18.2 Å². The van der Waals surface area contributed by atoms with E-state index < -0.39 is 10.8 Å². The largest absolute Gasteiger partial charge is 0.490 e. The molecule has 2 aromatic rings. The molecule has 0 spiro atoms. The Morgan fingerprint density at radius 3 is 2.58 bits per heavy atom. The topological polar surface area (TPSA) is 120 Å². The van der Waals surface area contributed by atoms with Crippen LogP contribution >= 0.6 is 0 Å². The van der Waals surface area contributed by atoms with Gasteiger partial charge in [0.15, 0.2) is 6.61 Å². The molecule has 0 aliphatic heterocycles. The van der Waals surface area contributed by atoms with Crippen LogP contribution in [0, 0.1) is 10.1 Å². The lowest BCUT2D eigenvalue weighted by Gasteiger charge is -2.23. The van der Waals surface area contributed by atoms with Crippen LogP contribution in [0.15, 0.2) is 42.5 Å². The Hall–Kier alpha value is -3.62. The van der Waals surface area contributed by atoms with Gasteiger partial charge in [0.1, 0.15) is 5.75 Å². The van der Waals surface area contributed by atoms with Crippen LogP contribution in [0.5, 0.6) is 11.5 Å². The zero-order valence-corrected chi connectivity index (χ0v) is 17.3. The number of carbonyl (C=O) groups excluding carboxylic acids is 2. The molecule has 0 radical (unpaired) electrons. The highest BCUT2D eigenvalue weighted by molar-refractivity contribution is 6.04. The molecule has 0 bridgehead atoms. The number of methoxy groups -OCH3 is 1. The molecule has 1 aliphatic carbocycles. The summed E-state index contributed by atoms with van der Waals surface area (Å²) < 4.78 is 10.4. The first-order valence-electron chi connectivity index (χ1n) is 10.1. The normalized spacial score (nSPS) is 13.8. The Bertz CT molecular complexity index is 956. The highest BCUT2D eigenvalue weighted by atomic mass is 16.6. The Kier molecular flexibility index (Phi) is 7.42. The molecule has 2 aromatic carbocycles. The minimum Gasteiger partial charge on any atom is -0.490 e. The number of nitrogens with zero attached hydrogens (tertiary/aromatic N) is 1. The summed E-state index contributed by atoms with van der Waals surface area (Å²) in [7, 11) is 1.31. The van der Waals surface area contributed by atoms with Gasteiger partial charge < -0.3 is 20.1 Å². The Labute approximate surface area is 179 Å². The van der Waals surface area contributed by atoms with Gasteiger partial charge in [0.25, 0.3) is 11.8 Å². The van der Waals surface area contributed by atoms with E-state index in [9.17, 15) is 19.7 Å². The molecule has 0 aromatic heterocycles. The van der Waals surface area contributed by atoms with Crippen molar-refractivity contribution in [3.05, 3.63) is 58.1 Å². The van der Waals surface area contributed by atoms with E-state index in [2.05, 4.69) is 10.6 Å². The molecule has 31 heavy (non-hydrogen) atoms. The summed E-state index contributed by atoms with van der Waals surface area (Å²) in [6.45, 7) is -0.334. The Balaban J connectivity index is 1.61. The monoisotopic (exact) mass is 427 g/mol. The van der Waals surface area contributed by atoms with E-state index in [0.717, 1.165) is 25.7 Å². The molecule has 1 saturated carbocycles. The first-order chi connectivity index (χ1) is 15.0. The molecule has 9 heteroatoms. The van der Waals surface area contributed by atoms with Crippen molar-refractivity contribution in [1.82, 2.24) is 5.32 Å². The van der Waals surface area contributed by atoms with Gasteiger partial charge in [-0.2, -0.15) is 0 Å². The molecule has 9 nitrogen and oxygen atoms in total. The molecule has 2 N–H and O–H groups in total. The van der Waals surface area contributed by atoms with Crippen LogP contribution in [0.1, 0.15) is 42.5 Å². The summed E-state index contributed by atoms with van der Waals surface area (Å²) in [5.74, 6) is -0.396. The second-order valence-corrected chi connectivity index (χ2v) is 7.28. The maximum Gasteiger partial charge on any atom is 0.311 e. The van der Waals surface area contributed by atoms with Crippen LogP contribution in [0.2, 0.25) is 0 Å². The third-order valence-electron chi connectivity index (χ3n) is 5.10. The molecule has 1 aliphatic rings. The molecule has 0 saturated heterocycles. The number of benzene rings is 2. The predicted octanol–water partition coefficient (Wildman–Crippen LogP) is 3.68. The van der Waals surface area contributed by atoms with E-state index in [0.29, 0.717) is 11.3 Å². The first kappa shape index (κ1) is 22.1. The van der Waals surface area contributed by atoms with Crippen molar-refractivity contribution in [3.63, 3.8) is 0 Å². The van der Waals surface area contributed by atoms with Gasteiger partial charge in [-0.3, -0.25) is 19.7 Å². The fraction of sp³-hybridized carbons (Fsp3) is 0.364. The van der Waals surface area contributed by atoms with Crippen LogP contribution < -0.4 is 20.1 Å². The van der Waals surface area contributed by atoms with E-state index >= 15 is 0 Å². The number of para-hydroxylation sites is 1. The summed E-state index contributed by atoms with van der Waals surface area (Å²) in [5, 5.41) is 16.7. The Morgan fingerprint density at radius 1 is 1.13 bits per heavy atom. The maximum absolute atomic E-state index is 12.7. The van der Waals surface area contributed by atoms with Crippen molar-refractivity contribution < 1.29 is 24.0 Å². The average Bonchev–Trinajstić information content (AvgIpc) is 2.78. The third-order valence-corrected chi connectivity index (χ3v) is 5.10. The number of nitro groups is 1. The lowest BCUT2D eigenvalue weighted by atomic mass is 9.95. The highest BCUT2D eigenvalue weighted by Crippen LogP contribution is 2.30. The summed E-state index contributed by atoms with van der Waals surface area (Å²) >= 11 is 0. The number of nitro benzene ring substituents is 1. The molecule has 0 unspecified atom stereocenters. The van der Waals surface area contributed by atoms with Crippen molar-refractivity contribution in [2.75, 3.05) is 19.0 Å². The van der Waals surface area contributed by atoms with Gasteiger partial charge in [-0.25, -0.2) is 0 Å². The zero-order chi connectivity index (χ0) is 22.2. The van der Waals surface area contributed by atoms with E-state index in [-0.39, 0.29) is 35.7 Å². The molecule has 2 amide bonds. The van der Waals surface area contributed by atoms with Gasteiger partial charge in [-0.15, -0.1) is 0 Å². The van der Waals surface area contributed by atoms with E-state index in [1.807, 2.05) is 0 Å². The number of hydrogen-bond acceptors (Lipinski definition) is 6. The standard InChI is InChI=1S/C22H25N3O6/c1-30-20-13-16(11-12-19(20)25(28)29)31-14-21(26)24-18-10-6-5-9-17(18)22(27)23-15-7-3-2-4-8-15/h5-6,9-13,15H,2-4,7-8,14H2,1H3,(H,23,27)(H,24,26). The fourth-order valence-electron chi connectivity index (χ4n) is 3.53. The summed E-state index contributed by atoms with van der Waals surface area (Å²) in [5.41, 5.74) is 0.585. The third kappa shape index (κ3) is 5.94. The van der Waals surface area contributed by atoms with E-state index in [1.54, 1.807) is 24.3 Å². The van der Waals surface area contributed by atoms with Crippen molar-refractivity contribution in [3.8, 4) is 11.5 Å². The molecule has 3 rings (SSSR count). The molecule has 164 valence electrons. The molecular weight excluding hydrogens is 402 g/mol. The van der Waals surface area contributed by atoms with E-state index in [4.69, 9.17) is 9.47 Å². The van der Waals surface area contributed by atoms with Crippen LogP contribution in [0.25, 0.3) is 0 Å². The quantitative estimate of drug-likeness (QED) is 0.490. The molecule has 0 atom stereocenters. The van der Waals surface area contributed by atoms with Crippen LogP contribution in [0.3, 0.4) is 0 Å². The van der Waals surface area contributed by atoms with Crippen molar-refractivity contribution in [1.29, 1.82) is 0 Å². The van der Waals surface area contributed by atoms with Gasteiger partial charge in [-0.1, -0.05) is 31.4 Å². The summed E-state index contributed by atoms with van der Waals surface area (Å²) in [6, 6.07) is 10.9. The van der Waals surface area contributed by atoms with Gasteiger partial charge in [0.2, 0.25) is 5.75 Å². The van der Waals surface area contributed by atoms with Crippen LogP contribution in [0.4, 0.5) is 11.4 Å². The van der Waals surface area contributed by atoms with Crippen molar-refractivity contribution >= 4 is 23.2 Å². The molecule has 0 heterocycles. The van der Waals surface area contributed by atoms with Gasteiger partial charge in [-0.05, 0) is 31.0 Å². The minimum atomic E-state index is -0.565. The number of nitrogens with one attached hydrogen (secondary N) is 2. The van der Waals surface area contributed by atoms with Gasteiger partial charge in [0.05, 0.1) is 23.3 Å². The lowest BCUT2D eigenvalue weighted by Crippen LogP contribution is -2.36. The number of ether oxygens (including phenoxy) is 2.